The molecule has 0 saturated carbocycles. The maximum atomic E-state index is 11.4. The Morgan fingerprint density at radius 3 is 2.81 bits per heavy atom. The standard InChI is InChI=1S/C15H18N2O4/c1-16(2)14(18)7-4-8-21-13-6-3-5-11-9-17(15(19)20)10-12(11)13/h3-7H,8-10H2,1-2H3,(H,19,20). The molecule has 0 saturated heterocycles. The van der Waals surface area contributed by atoms with E-state index in [-0.39, 0.29) is 12.5 Å². The van der Waals surface area contributed by atoms with Gasteiger partial charge in [0.25, 0.3) is 0 Å². The average Bonchev–Trinajstić information content (AvgIpc) is 2.88. The highest BCUT2D eigenvalue weighted by Crippen LogP contribution is 2.30. The van der Waals surface area contributed by atoms with Gasteiger partial charge < -0.3 is 14.7 Å². The summed E-state index contributed by atoms with van der Waals surface area (Å²) in [5.74, 6) is 0.562. The minimum Gasteiger partial charge on any atom is -0.489 e. The van der Waals surface area contributed by atoms with E-state index in [4.69, 9.17) is 9.84 Å². The number of ether oxygens (including phenoxy) is 1. The van der Waals surface area contributed by atoms with Gasteiger partial charge in [-0.3, -0.25) is 9.69 Å². The number of nitrogens with zero attached hydrogens (tertiary/aromatic N) is 2. The average molecular weight is 290 g/mol. The lowest BCUT2D eigenvalue weighted by Crippen LogP contribution is -2.22. The van der Waals surface area contributed by atoms with Gasteiger partial charge in [0, 0.05) is 32.3 Å². The van der Waals surface area contributed by atoms with Gasteiger partial charge in [-0.05, 0) is 17.7 Å². The normalized spacial score (nSPS) is 13.3. The van der Waals surface area contributed by atoms with E-state index in [9.17, 15) is 9.59 Å². The molecule has 0 aromatic heterocycles. The largest absolute Gasteiger partial charge is 0.489 e. The number of carboxylic acid groups (broad SMARTS) is 1. The number of carbonyl (C=O) groups is 2. The van der Waals surface area contributed by atoms with E-state index in [2.05, 4.69) is 0 Å². The molecular weight excluding hydrogens is 272 g/mol. The van der Waals surface area contributed by atoms with E-state index in [1.54, 1.807) is 20.2 Å². The van der Waals surface area contributed by atoms with Gasteiger partial charge in [0.2, 0.25) is 5.91 Å². The fraction of sp³-hybridized carbons (Fsp3) is 0.333. The summed E-state index contributed by atoms with van der Waals surface area (Å²) in [6.45, 7) is 0.987. The van der Waals surface area contributed by atoms with Crippen molar-refractivity contribution in [3.8, 4) is 5.75 Å². The molecule has 1 aliphatic rings. The molecule has 1 aromatic rings. The Kier molecular flexibility index (Phi) is 4.47. The van der Waals surface area contributed by atoms with Gasteiger partial charge in [-0.2, -0.15) is 0 Å². The molecule has 0 aliphatic carbocycles. The van der Waals surface area contributed by atoms with Crippen molar-refractivity contribution >= 4 is 12.0 Å². The molecule has 112 valence electrons. The van der Waals surface area contributed by atoms with Crippen LogP contribution in [0.5, 0.6) is 5.75 Å². The Bertz CT molecular complexity index is 581. The van der Waals surface area contributed by atoms with Crippen LogP contribution in [0.1, 0.15) is 11.1 Å². The second-order valence-corrected chi connectivity index (χ2v) is 4.98. The van der Waals surface area contributed by atoms with E-state index in [1.807, 2.05) is 18.2 Å². The molecule has 1 heterocycles. The summed E-state index contributed by atoms with van der Waals surface area (Å²) in [4.78, 5) is 25.2. The van der Waals surface area contributed by atoms with Crippen molar-refractivity contribution in [1.29, 1.82) is 0 Å². The number of fused-ring (bicyclic) bond motifs is 1. The Balaban J connectivity index is 1.99. The van der Waals surface area contributed by atoms with Crippen molar-refractivity contribution in [3.63, 3.8) is 0 Å². The van der Waals surface area contributed by atoms with Crippen LogP contribution < -0.4 is 4.74 Å². The zero-order valence-corrected chi connectivity index (χ0v) is 12.1. The fourth-order valence-corrected chi connectivity index (χ4v) is 2.10. The molecule has 6 nitrogen and oxygen atoms in total. The number of hydrogen-bond donors (Lipinski definition) is 1. The Morgan fingerprint density at radius 1 is 1.38 bits per heavy atom. The van der Waals surface area contributed by atoms with Crippen molar-refractivity contribution in [2.24, 2.45) is 0 Å². The molecule has 1 aromatic carbocycles. The van der Waals surface area contributed by atoms with Crippen LogP contribution in [0.4, 0.5) is 4.79 Å². The lowest BCUT2D eigenvalue weighted by molar-refractivity contribution is -0.123. The third-order valence-corrected chi connectivity index (χ3v) is 3.25. The van der Waals surface area contributed by atoms with Crippen LogP contribution >= 0.6 is 0 Å². The van der Waals surface area contributed by atoms with Gasteiger partial charge in [-0.15, -0.1) is 0 Å². The number of carbonyl (C=O) groups excluding carboxylic acids is 1. The van der Waals surface area contributed by atoms with Crippen molar-refractivity contribution in [2.45, 2.75) is 13.1 Å². The maximum absolute atomic E-state index is 11.4. The summed E-state index contributed by atoms with van der Waals surface area (Å²) >= 11 is 0. The van der Waals surface area contributed by atoms with Gasteiger partial charge in [0.15, 0.2) is 0 Å². The number of rotatable bonds is 4. The molecule has 0 bridgehead atoms. The smallest absolute Gasteiger partial charge is 0.407 e. The zero-order valence-electron chi connectivity index (χ0n) is 12.1. The molecule has 6 heteroatoms. The number of hydrogen-bond acceptors (Lipinski definition) is 3. The Labute approximate surface area is 123 Å². The van der Waals surface area contributed by atoms with Crippen LogP contribution in [0, 0.1) is 0 Å². The first kappa shape index (κ1) is 14.9. The van der Waals surface area contributed by atoms with E-state index in [0.29, 0.717) is 18.8 Å². The van der Waals surface area contributed by atoms with Crippen molar-refractivity contribution in [1.82, 2.24) is 9.80 Å². The third kappa shape index (κ3) is 3.53. The molecular formula is C15H18N2O4. The summed E-state index contributed by atoms with van der Waals surface area (Å²) in [6.07, 6.45) is 2.16. The molecule has 2 rings (SSSR count). The van der Waals surface area contributed by atoms with E-state index < -0.39 is 6.09 Å². The minimum atomic E-state index is -0.936. The number of benzene rings is 1. The molecule has 21 heavy (non-hydrogen) atoms. The second kappa shape index (κ2) is 6.30. The van der Waals surface area contributed by atoms with E-state index in [1.165, 1.54) is 15.9 Å². The molecule has 0 spiro atoms. The molecule has 1 N–H and O–H groups in total. The molecule has 2 amide bonds. The van der Waals surface area contributed by atoms with Gasteiger partial charge >= 0.3 is 6.09 Å². The lowest BCUT2D eigenvalue weighted by Gasteiger charge is -2.10. The summed E-state index contributed by atoms with van der Waals surface area (Å²) in [5.41, 5.74) is 1.86. The highest BCUT2D eigenvalue weighted by Gasteiger charge is 2.25. The molecule has 0 atom stereocenters. The fourth-order valence-electron chi connectivity index (χ4n) is 2.10. The molecule has 0 fully saturated rings. The van der Waals surface area contributed by atoms with Crippen LogP contribution in [0.25, 0.3) is 0 Å². The summed E-state index contributed by atoms with van der Waals surface area (Å²) in [6, 6.07) is 5.55. The lowest BCUT2D eigenvalue weighted by atomic mass is 10.1. The van der Waals surface area contributed by atoms with Crippen LogP contribution in [0.3, 0.4) is 0 Å². The van der Waals surface area contributed by atoms with E-state index in [0.717, 1.165) is 11.1 Å². The summed E-state index contributed by atoms with van der Waals surface area (Å²) in [5, 5.41) is 9.04. The van der Waals surface area contributed by atoms with Gasteiger partial charge in [-0.1, -0.05) is 12.1 Å². The first-order valence-corrected chi connectivity index (χ1v) is 6.58. The molecule has 0 unspecified atom stereocenters. The monoisotopic (exact) mass is 290 g/mol. The SMILES string of the molecule is CN(C)C(=O)C=CCOc1cccc2c1CN(C(=O)O)C2. The van der Waals surface area contributed by atoms with Crippen molar-refractivity contribution in [2.75, 3.05) is 20.7 Å². The third-order valence-electron chi connectivity index (χ3n) is 3.25. The predicted molar refractivity (Wildman–Crippen MR) is 77.0 cm³/mol. The Hall–Kier alpha value is -2.50. The van der Waals surface area contributed by atoms with Gasteiger partial charge in [0.05, 0.1) is 6.54 Å². The second-order valence-electron chi connectivity index (χ2n) is 4.98. The van der Waals surface area contributed by atoms with Crippen LogP contribution in [0.15, 0.2) is 30.4 Å². The maximum Gasteiger partial charge on any atom is 0.407 e. The zero-order chi connectivity index (χ0) is 15.4. The summed E-state index contributed by atoms with van der Waals surface area (Å²) in [7, 11) is 3.36. The van der Waals surface area contributed by atoms with Crippen molar-refractivity contribution in [3.05, 3.63) is 41.5 Å². The quantitative estimate of drug-likeness (QED) is 0.857. The first-order valence-electron chi connectivity index (χ1n) is 6.58. The van der Waals surface area contributed by atoms with Crippen LogP contribution in [0.2, 0.25) is 0 Å². The number of amides is 2. The van der Waals surface area contributed by atoms with Crippen molar-refractivity contribution < 1.29 is 19.4 Å². The van der Waals surface area contributed by atoms with Gasteiger partial charge in [-0.25, -0.2) is 4.79 Å². The Morgan fingerprint density at radius 2 is 2.14 bits per heavy atom. The van der Waals surface area contributed by atoms with Gasteiger partial charge in [0.1, 0.15) is 12.4 Å². The first-order chi connectivity index (χ1) is 9.99. The highest BCUT2D eigenvalue weighted by atomic mass is 16.5. The molecule has 1 aliphatic heterocycles. The summed E-state index contributed by atoms with van der Waals surface area (Å²) < 4.78 is 5.63. The molecule has 0 radical (unpaired) electrons. The minimum absolute atomic E-state index is 0.103. The van der Waals surface area contributed by atoms with E-state index >= 15 is 0 Å². The van der Waals surface area contributed by atoms with Crippen LogP contribution in [-0.2, 0) is 17.9 Å². The van der Waals surface area contributed by atoms with Crippen LogP contribution in [-0.4, -0.2) is 47.6 Å². The predicted octanol–water partition coefficient (Wildman–Crippen LogP) is 1.70. The highest BCUT2D eigenvalue weighted by molar-refractivity contribution is 5.87. The topological polar surface area (TPSA) is 70.1 Å². The number of likely N-dealkylation sites (N-methyl/N-ethyl adjacent to an activating group) is 1.